The van der Waals surface area contributed by atoms with Gasteiger partial charge in [0, 0.05) is 44.4 Å². The molecule has 2 aromatic carbocycles. The number of hydrogen-bond donors (Lipinski definition) is 0. The molecule has 1 aliphatic heterocycles. The molecule has 0 unspecified atom stereocenters. The van der Waals surface area contributed by atoms with Gasteiger partial charge < -0.3 is 14.2 Å². The molecule has 4 rings (SSSR count). The van der Waals surface area contributed by atoms with Crippen molar-refractivity contribution >= 4 is 0 Å². The van der Waals surface area contributed by atoms with Gasteiger partial charge in [-0.05, 0) is 42.8 Å². The van der Waals surface area contributed by atoms with E-state index in [0.717, 1.165) is 42.3 Å². The summed E-state index contributed by atoms with van der Waals surface area (Å²) in [6, 6.07) is 14.4. The van der Waals surface area contributed by atoms with Gasteiger partial charge in [0.1, 0.15) is 23.4 Å². The van der Waals surface area contributed by atoms with Crippen molar-refractivity contribution in [2.24, 2.45) is 7.05 Å². The minimum Gasteiger partial charge on any atom is -0.496 e. The minimum atomic E-state index is -0.268. The molecule has 0 radical (unpaired) electrons. The standard InChI is InChI=1S/C25H30FN3O3/c1-18-5-4-6-19(25(18)30-3)16-29-12-14-32-24(17-29)23-15-21(28(2)27-23)11-13-31-22-9-7-20(26)8-10-22/h4-10,15,24H,11-14,16-17H2,1-3H3/t24-/m1/s1. The van der Waals surface area contributed by atoms with Crippen LogP contribution in [0.25, 0.3) is 0 Å². The van der Waals surface area contributed by atoms with E-state index in [1.54, 1.807) is 19.2 Å². The number of benzene rings is 2. The van der Waals surface area contributed by atoms with Gasteiger partial charge in [-0.15, -0.1) is 0 Å². The molecule has 7 heteroatoms. The van der Waals surface area contributed by atoms with E-state index in [4.69, 9.17) is 19.3 Å². The summed E-state index contributed by atoms with van der Waals surface area (Å²) in [5.74, 6) is 1.35. The maximum Gasteiger partial charge on any atom is 0.126 e. The Balaban J connectivity index is 1.36. The molecule has 0 amide bonds. The van der Waals surface area contributed by atoms with E-state index >= 15 is 0 Å². The molecule has 1 aromatic heterocycles. The fourth-order valence-corrected chi connectivity index (χ4v) is 4.12. The highest BCUT2D eigenvalue weighted by molar-refractivity contribution is 5.40. The molecule has 0 N–H and O–H groups in total. The molecule has 1 saturated heterocycles. The molecule has 1 fully saturated rings. The molecule has 0 spiro atoms. The van der Waals surface area contributed by atoms with Gasteiger partial charge in [0.15, 0.2) is 0 Å². The molecular formula is C25H30FN3O3. The summed E-state index contributed by atoms with van der Waals surface area (Å²) in [5, 5.41) is 4.70. The average Bonchev–Trinajstić information content (AvgIpc) is 3.16. The normalized spacial score (nSPS) is 16.8. The van der Waals surface area contributed by atoms with Crippen LogP contribution in [0.1, 0.15) is 28.6 Å². The number of hydrogen-bond acceptors (Lipinski definition) is 5. The Hall–Kier alpha value is -2.90. The zero-order valence-electron chi connectivity index (χ0n) is 18.9. The Kier molecular flexibility index (Phi) is 7.07. The summed E-state index contributed by atoms with van der Waals surface area (Å²) >= 11 is 0. The van der Waals surface area contributed by atoms with E-state index < -0.39 is 0 Å². The third-order valence-electron chi connectivity index (χ3n) is 5.81. The van der Waals surface area contributed by atoms with Gasteiger partial charge >= 0.3 is 0 Å². The Morgan fingerprint density at radius 3 is 2.78 bits per heavy atom. The van der Waals surface area contributed by atoms with E-state index in [2.05, 4.69) is 36.1 Å². The average molecular weight is 440 g/mol. The lowest BCUT2D eigenvalue weighted by atomic mass is 10.1. The van der Waals surface area contributed by atoms with Crippen LogP contribution in [0, 0.1) is 12.7 Å². The first-order valence-electron chi connectivity index (χ1n) is 10.9. The van der Waals surface area contributed by atoms with Crippen molar-refractivity contribution in [2.75, 3.05) is 33.4 Å². The first kappa shape index (κ1) is 22.3. The first-order valence-corrected chi connectivity index (χ1v) is 10.9. The van der Waals surface area contributed by atoms with E-state index in [-0.39, 0.29) is 11.9 Å². The summed E-state index contributed by atoms with van der Waals surface area (Å²) < 4.78 is 32.3. The lowest BCUT2D eigenvalue weighted by molar-refractivity contribution is -0.0353. The molecule has 32 heavy (non-hydrogen) atoms. The maximum atomic E-state index is 13.0. The molecular weight excluding hydrogens is 409 g/mol. The number of ether oxygens (including phenoxy) is 3. The highest BCUT2D eigenvalue weighted by Crippen LogP contribution is 2.27. The van der Waals surface area contributed by atoms with Gasteiger partial charge in [0.25, 0.3) is 0 Å². The number of methoxy groups -OCH3 is 1. The highest BCUT2D eigenvalue weighted by Gasteiger charge is 2.25. The predicted octanol–water partition coefficient (Wildman–Crippen LogP) is 4.07. The van der Waals surface area contributed by atoms with Crippen molar-refractivity contribution in [1.82, 2.24) is 14.7 Å². The topological polar surface area (TPSA) is 48.8 Å². The van der Waals surface area contributed by atoms with Crippen LogP contribution in [0.2, 0.25) is 0 Å². The molecule has 0 saturated carbocycles. The number of para-hydroxylation sites is 1. The van der Waals surface area contributed by atoms with Gasteiger partial charge in [-0.25, -0.2) is 4.39 Å². The molecule has 6 nitrogen and oxygen atoms in total. The largest absolute Gasteiger partial charge is 0.496 e. The van der Waals surface area contributed by atoms with Crippen molar-refractivity contribution in [1.29, 1.82) is 0 Å². The lowest BCUT2D eigenvalue weighted by Crippen LogP contribution is -2.38. The Morgan fingerprint density at radius 1 is 1.19 bits per heavy atom. The first-order chi connectivity index (χ1) is 15.5. The Morgan fingerprint density at radius 2 is 2.00 bits per heavy atom. The molecule has 0 aliphatic carbocycles. The monoisotopic (exact) mass is 439 g/mol. The molecule has 0 bridgehead atoms. The van der Waals surface area contributed by atoms with E-state index in [1.807, 2.05) is 11.7 Å². The second kappa shape index (κ2) is 10.1. The minimum absolute atomic E-state index is 0.0717. The van der Waals surface area contributed by atoms with E-state index in [9.17, 15) is 4.39 Å². The summed E-state index contributed by atoms with van der Waals surface area (Å²) in [4.78, 5) is 2.39. The maximum absolute atomic E-state index is 13.0. The Bertz CT molecular complexity index is 1040. The van der Waals surface area contributed by atoms with Crippen LogP contribution >= 0.6 is 0 Å². The van der Waals surface area contributed by atoms with Crippen molar-refractivity contribution in [3.05, 3.63) is 76.9 Å². The van der Waals surface area contributed by atoms with Crippen LogP contribution in [0.15, 0.2) is 48.5 Å². The fraction of sp³-hybridized carbons (Fsp3) is 0.400. The smallest absolute Gasteiger partial charge is 0.126 e. The van der Waals surface area contributed by atoms with Gasteiger partial charge in [-0.2, -0.15) is 5.10 Å². The van der Waals surface area contributed by atoms with Gasteiger partial charge in [0.05, 0.1) is 26.0 Å². The van der Waals surface area contributed by atoms with Gasteiger partial charge in [-0.1, -0.05) is 18.2 Å². The molecule has 3 aromatic rings. The van der Waals surface area contributed by atoms with Crippen molar-refractivity contribution in [3.63, 3.8) is 0 Å². The fourth-order valence-electron chi connectivity index (χ4n) is 4.12. The summed E-state index contributed by atoms with van der Waals surface area (Å²) in [6.07, 6.45) is 0.634. The molecule has 1 atom stereocenters. The van der Waals surface area contributed by atoms with Gasteiger partial charge in [0.2, 0.25) is 0 Å². The predicted molar refractivity (Wildman–Crippen MR) is 121 cm³/mol. The van der Waals surface area contributed by atoms with Crippen LogP contribution in [-0.2, 0) is 24.8 Å². The number of aryl methyl sites for hydroxylation is 2. The second-order valence-corrected chi connectivity index (χ2v) is 8.10. The van der Waals surface area contributed by atoms with Crippen LogP contribution < -0.4 is 9.47 Å². The summed E-state index contributed by atoms with van der Waals surface area (Å²) in [6.45, 7) is 5.70. The van der Waals surface area contributed by atoms with Crippen LogP contribution in [0.4, 0.5) is 4.39 Å². The van der Waals surface area contributed by atoms with Crippen molar-refractivity contribution in [3.8, 4) is 11.5 Å². The zero-order chi connectivity index (χ0) is 22.5. The van der Waals surface area contributed by atoms with E-state index in [0.29, 0.717) is 25.4 Å². The van der Waals surface area contributed by atoms with Gasteiger partial charge in [-0.3, -0.25) is 9.58 Å². The quantitative estimate of drug-likeness (QED) is 0.530. The molecule has 1 aliphatic rings. The van der Waals surface area contributed by atoms with Crippen LogP contribution in [-0.4, -0.2) is 48.1 Å². The SMILES string of the molecule is COc1c(C)cccc1CN1CCO[C@@H](c2cc(CCOc3ccc(F)cc3)n(C)n2)C1. The second-order valence-electron chi connectivity index (χ2n) is 8.10. The third-order valence-corrected chi connectivity index (χ3v) is 5.81. The lowest BCUT2D eigenvalue weighted by Gasteiger charge is -2.32. The summed E-state index contributed by atoms with van der Waals surface area (Å²) in [7, 11) is 3.66. The number of rotatable bonds is 8. The number of aromatic nitrogens is 2. The molecule has 2 heterocycles. The number of halogens is 1. The number of morpholine rings is 1. The van der Waals surface area contributed by atoms with E-state index in [1.165, 1.54) is 17.7 Å². The highest BCUT2D eigenvalue weighted by atomic mass is 19.1. The molecule has 170 valence electrons. The van der Waals surface area contributed by atoms with Crippen LogP contribution in [0.5, 0.6) is 11.5 Å². The third kappa shape index (κ3) is 5.29. The van der Waals surface area contributed by atoms with Crippen molar-refractivity contribution < 1.29 is 18.6 Å². The van der Waals surface area contributed by atoms with Crippen molar-refractivity contribution in [2.45, 2.75) is 26.0 Å². The zero-order valence-corrected chi connectivity index (χ0v) is 18.9. The summed E-state index contributed by atoms with van der Waals surface area (Å²) in [5.41, 5.74) is 4.34. The van der Waals surface area contributed by atoms with Crippen LogP contribution in [0.3, 0.4) is 0 Å². The Labute approximate surface area is 188 Å². The number of nitrogens with zero attached hydrogens (tertiary/aromatic N) is 3.